The molecule has 7 nitrogen and oxygen atoms in total. The van der Waals surface area contributed by atoms with Gasteiger partial charge in [0, 0.05) is 18.7 Å². The van der Waals surface area contributed by atoms with E-state index in [1.807, 2.05) is 11.0 Å². The third-order valence-electron chi connectivity index (χ3n) is 4.00. The minimum Gasteiger partial charge on any atom is -0.368 e. The number of ether oxygens (including phenoxy) is 1. The average molecular weight is 326 g/mol. The van der Waals surface area contributed by atoms with Crippen LogP contribution in [0.1, 0.15) is 40.5 Å². The maximum atomic E-state index is 12.5. The van der Waals surface area contributed by atoms with Crippen LogP contribution in [0.25, 0.3) is 0 Å². The summed E-state index contributed by atoms with van der Waals surface area (Å²) in [4.78, 5) is 18.4. The Morgan fingerprint density at radius 1 is 1.38 bits per heavy atom. The number of aromatic nitrogens is 2. The van der Waals surface area contributed by atoms with E-state index in [9.17, 15) is 4.79 Å². The van der Waals surface area contributed by atoms with Crippen LogP contribution in [0.3, 0.4) is 0 Å². The van der Waals surface area contributed by atoms with Crippen molar-refractivity contribution in [3.8, 4) is 6.07 Å². The number of amides is 1. The van der Waals surface area contributed by atoms with Crippen LogP contribution < -0.4 is 0 Å². The molecule has 0 spiro atoms. The fourth-order valence-corrected chi connectivity index (χ4v) is 2.68. The Balaban J connectivity index is 1.49. The molecule has 2 aromatic rings. The van der Waals surface area contributed by atoms with Crippen molar-refractivity contribution in [3.05, 3.63) is 47.1 Å². The van der Waals surface area contributed by atoms with Gasteiger partial charge in [0.2, 0.25) is 0 Å². The van der Waals surface area contributed by atoms with Crippen molar-refractivity contribution < 1.29 is 14.1 Å². The van der Waals surface area contributed by atoms with E-state index >= 15 is 0 Å². The molecule has 1 saturated heterocycles. The summed E-state index contributed by atoms with van der Waals surface area (Å²) in [6.45, 7) is 3.36. The number of carbonyl (C=O) groups excluding carboxylic acids is 1. The Kier molecular flexibility index (Phi) is 4.87. The molecule has 3 rings (SSSR count). The van der Waals surface area contributed by atoms with Crippen molar-refractivity contribution >= 4 is 5.91 Å². The molecule has 1 fully saturated rings. The number of benzene rings is 1. The van der Waals surface area contributed by atoms with E-state index in [1.54, 1.807) is 31.2 Å². The maximum Gasteiger partial charge on any atom is 0.253 e. The predicted molar refractivity (Wildman–Crippen MR) is 83.9 cm³/mol. The first-order chi connectivity index (χ1) is 11.7. The Morgan fingerprint density at radius 3 is 2.67 bits per heavy atom. The summed E-state index contributed by atoms with van der Waals surface area (Å²) in [6, 6.07) is 8.76. The molecule has 0 atom stereocenters. The molecule has 0 N–H and O–H groups in total. The molecule has 0 radical (unpaired) electrons. The van der Waals surface area contributed by atoms with E-state index in [0.29, 0.717) is 42.5 Å². The lowest BCUT2D eigenvalue weighted by atomic mass is 10.1. The summed E-state index contributed by atoms with van der Waals surface area (Å²) in [5.74, 6) is 1.06. The van der Waals surface area contributed by atoms with Gasteiger partial charge in [0.05, 0.1) is 17.7 Å². The first-order valence-electron chi connectivity index (χ1n) is 7.86. The van der Waals surface area contributed by atoms with Crippen LogP contribution in [0.4, 0.5) is 0 Å². The van der Waals surface area contributed by atoms with Crippen LogP contribution in [-0.2, 0) is 11.3 Å². The summed E-state index contributed by atoms with van der Waals surface area (Å²) in [5.41, 5.74) is 1.16. The number of hydrogen-bond donors (Lipinski definition) is 0. The number of piperidine rings is 1. The van der Waals surface area contributed by atoms with Crippen molar-refractivity contribution in [2.75, 3.05) is 13.1 Å². The van der Waals surface area contributed by atoms with Gasteiger partial charge in [0.1, 0.15) is 6.61 Å². The SMILES string of the molecule is Cc1noc(COC2CCN(C(=O)c3ccc(C#N)cc3)CC2)n1. The Labute approximate surface area is 139 Å². The molecule has 1 amide bonds. The minimum atomic E-state index is -0.00883. The number of aryl methyl sites for hydroxylation is 1. The van der Waals surface area contributed by atoms with Gasteiger partial charge in [-0.3, -0.25) is 4.79 Å². The minimum absolute atomic E-state index is 0.00883. The number of nitriles is 1. The standard InChI is InChI=1S/C17H18N4O3/c1-12-19-16(24-20-12)11-23-15-6-8-21(9-7-15)17(22)14-4-2-13(10-18)3-5-14/h2-5,15H,6-9,11H2,1H3. The topological polar surface area (TPSA) is 92.3 Å². The van der Waals surface area contributed by atoms with Crippen molar-refractivity contribution in [1.29, 1.82) is 5.26 Å². The van der Waals surface area contributed by atoms with Crippen LogP contribution in [0.15, 0.2) is 28.8 Å². The highest BCUT2D eigenvalue weighted by Gasteiger charge is 2.24. The number of likely N-dealkylation sites (tertiary alicyclic amines) is 1. The first kappa shape index (κ1) is 16.1. The van der Waals surface area contributed by atoms with Gasteiger partial charge >= 0.3 is 0 Å². The van der Waals surface area contributed by atoms with Crippen molar-refractivity contribution in [2.45, 2.75) is 32.5 Å². The predicted octanol–water partition coefficient (Wildman–Crippen LogP) is 2.07. The first-order valence-corrected chi connectivity index (χ1v) is 7.86. The van der Waals surface area contributed by atoms with E-state index in [4.69, 9.17) is 14.5 Å². The molecular formula is C17H18N4O3. The molecule has 0 unspecified atom stereocenters. The molecule has 1 aromatic heterocycles. The summed E-state index contributed by atoms with van der Waals surface area (Å²) < 4.78 is 10.8. The highest BCUT2D eigenvalue weighted by atomic mass is 16.5. The number of rotatable bonds is 4. The highest BCUT2D eigenvalue weighted by Crippen LogP contribution is 2.18. The fourth-order valence-electron chi connectivity index (χ4n) is 2.68. The zero-order chi connectivity index (χ0) is 16.9. The van der Waals surface area contributed by atoms with Gasteiger partial charge < -0.3 is 14.2 Å². The van der Waals surface area contributed by atoms with E-state index in [-0.39, 0.29) is 12.0 Å². The second kappa shape index (κ2) is 7.23. The van der Waals surface area contributed by atoms with Crippen molar-refractivity contribution in [2.24, 2.45) is 0 Å². The Bertz CT molecular complexity index is 740. The van der Waals surface area contributed by atoms with Crippen LogP contribution in [0, 0.1) is 18.3 Å². The van der Waals surface area contributed by atoms with E-state index < -0.39 is 0 Å². The van der Waals surface area contributed by atoms with Gasteiger partial charge in [-0.2, -0.15) is 10.2 Å². The maximum absolute atomic E-state index is 12.5. The number of hydrogen-bond acceptors (Lipinski definition) is 6. The zero-order valence-electron chi connectivity index (χ0n) is 13.4. The molecule has 1 aliphatic rings. The third-order valence-corrected chi connectivity index (χ3v) is 4.00. The molecule has 0 saturated carbocycles. The molecule has 7 heteroatoms. The summed E-state index contributed by atoms with van der Waals surface area (Å²) in [7, 11) is 0. The largest absolute Gasteiger partial charge is 0.368 e. The Hall–Kier alpha value is -2.72. The second-order valence-electron chi connectivity index (χ2n) is 5.73. The molecule has 24 heavy (non-hydrogen) atoms. The molecule has 124 valence electrons. The molecule has 1 aliphatic heterocycles. The lowest BCUT2D eigenvalue weighted by molar-refractivity contribution is -0.00978. The summed E-state index contributed by atoms with van der Waals surface area (Å²) in [5, 5.41) is 12.5. The van der Waals surface area contributed by atoms with E-state index in [1.165, 1.54) is 0 Å². The zero-order valence-corrected chi connectivity index (χ0v) is 13.4. The van der Waals surface area contributed by atoms with Crippen LogP contribution in [-0.4, -0.2) is 40.1 Å². The molecule has 2 heterocycles. The quantitative estimate of drug-likeness (QED) is 0.854. The second-order valence-corrected chi connectivity index (χ2v) is 5.73. The van der Waals surface area contributed by atoms with Gasteiger partial charge in [-0.05, 0) is 44.0 Å². The van der Waals surface area contributed by atoms with Gasteiger partial charge in [0.25, 0.3) is 11.8 Å². The lowest BCUT2D eigenvalue weighted by Gasteiger charge is -2.31. The molecule has 0 aliphatic carbocycles. The van der Waals surface area contributed by atoms with Crippen molar-refractivity contribution in [3.63, 3.8) is 0 Å². The van der Waals surface area contributed by atoms with Gasteiger partial charge in [0.15, 0.2) is 5.82 Å². The summed E-state index contributed by atoms with van der Waals surface area (Å²) in [6.07, 6.45) is 1.63. The average Bonchev–Trinajstić information content (AvgIpc) is 3.05. The van der Waals surface area contributed by atoms with Crippen LogP contribution in [0.5, 0.6) is 0 Å². The summed E-state index contributed by atoms with van der Waals surface area (Å²) >= 11 is 0. The molecule has 1 aromatic carbocycles. The van der Waals surface area contributed by atoms with E-state index in [0.717, 1.165) is 12.8 Å². The van der Waals surface area contributed by atoms with E-state index in [2.05, 4.69) is 10.1 Å². The lowest BCUT2D eigenvalue weighted by Crippen LogP contribution is -2.40. The van der Waals surface area contributed by atoms with Gasteiger partial charge in [-0.1, -0.05) is 5.16 Å². The highest BCUT2D eigenvalue weighted by molar-refractivity contribution is 5.94. The Morgan fingerprint density at radius 2 is 2.08 bits per heavy atom. The normalized spacial score (nSPS) is 15.2. The monoisotopic (exact) mass is 326 g/mol. The fraction of sp³-hybridized carbons (Fsp3) is 0.412. The molecule has 0 bridgehead atoms. The number of carbonyl (C=O) groups is 1. The third kappa shape index (κ3) is 3.78. The van der Waals surface area contributed by atoms with Crippen LogP contribution >= 0.6 is 0 Å². The van der Waals surface area contributed by atoms with Gasteiger partial charge in [-0.15, -0.1) is 0 Å². The van der Waals surface area contributed by atoms with Crippen LogP contribution in [0.2, 0.25) is 0 Å². The smallest absolute Gasteiger partial charge is 0.253 e. The van der Waals surface area contributed by atoms with Crippen molar-refractivity contribution in [1.82, 2.24) is 15.0 Å². The number of nitrogens with zero attached hydrogens (tertiary/aromatic N) is 4. The molecular weight excluding hydrogens is 308 g/mol. The van der Waals surface area contributed by atoms with Gasteiger partial charge in [-0.25, -0.2) is 0 Å².